The van der Waals surface area contributed by atoms with Gasteiger partial charge < -0.3 is 14.6 Å². The monoisotopic (exact) mass is 542 g/mol. The average molecular weight is 543 g/mol. The number of aryl methyl sites for hydroxylation is 1. The number of esters is 1. The fourth-order valence-corrected chi connectivity index (χ4v) is 5.63. The quantitative estimate of drug-likeness (QED) is 0.139. The second kappa shape index (κ2) is 10.7. The van der Waals surface area contributed by atoms with E-state index in [1.165, 1.54) is 23.3 Å². The molecule has 4 aromatic rings. The SMILES string of the molecule is CCOc1ccc(/C(O)=C2\C(=O)C(=O)N(c3nc4ccc(CC)cc4s3)C2c2ccc(C(=O)OC)cc2)cc1. The van der Waals surface area contributed by atoms with Gasteiger partial charge in [0.1, 0.15) is 11.5 Å². The lowest BCUT2D eigenvalue weighted by Gasteiger charge is -2.23. The van der Waals surface area contributed by atoms with Crippen molar-refractivity contribution in [3.63, 3.8) is 0 Å². The minimum atomic E-state index is -0.963. The molecule has 1 amide bonds. The third kappa shape index (κ3) is 4.77. The molecular formula is C30H26N2O6S. The Hall–Kier alpha value is -4.50. The first kappa shape index (κ1) is 26.1. The van der Waals surface area contributed by atoms with Crippen LogP contribution >= 0.6 is 11.3 Å². The lowest BCUT2D eigenvalue weighted by atomic mass is 9.94. The summed E-state index contributed by atoms with van der Waals surface area (Å²) in [5.74, 6) is -1.82. The van der Waals surface area contributed by atoms with Crippen LogP contribution in [0.3, 0.4) is 0 Å². The van der Waals surface area contributed by atoms with E-state index in [-0.39, 0.29) is 11.3 Å². The number of carbonyl (C=O) groups is 3. The molecule has 1 fully saturated rings. The maximum atomic E-state index is 13.5. The molecule has 9 heteroatoms. The highest BCUT2D eigenvalue weighted by Crippen LogP contribution is 2.44. The highest BCUT2D eigenvalue weighted by Gasteiger charge is 2.48. The van der Waals surface area contributed by atoms with Crippen molar-refractivity contribution in [1.29, 1.82) is 0 Å². The van der Waals surface area contributed by atoms with E-state index >= 15 is 0 Å². The van der Waals surface area contributed by atoms with E-state index in [1.54, 1.807) is 48.5 Å². The number of rotatable bonds is 7. The summed E-state index contributed by atoms with van der Waals surface area (Å²) in [6.45, 7) is 4.41. The summed E-state index contributed by atoms with van der Waals surface area (Å²) in [6, 6.07) is 18.0. The lowest BCUT2D eigenvalue weighted by molar-refractivity contribution is -0.132. The predicted molar refractivity (Wildman–Crippen MR) is 149 cm³/mol. The Kier molecular flexibility index (Phi) is 7.17. The Balaban J connectivity index is 1.67. The van der Waals surface area contributed by atoms with Gasteiger partial charge in [0.15, 0.2) is 5.13 Å². The molecule has 0 radical (unpaired) electrons. The molecule has 1 unspecified atom stereocenters. The molecule has 1 N–H and O–H groups in total. The normalized spacial score (nSPS) is 16.6. The average Bonchev–Trinajstić information content (AvgIpc) is 3.50. The third-order valence-electron chi connectivity index (χ3n) is 6.59. The van der Waals surface area contributed by atoms with Crippen molar-refractivity contribution >= 4 is 50.1 Å². The highest BCUT2D eigenvalue weighted by atomic mass is 32.1. The Labute approximate surface area is 229 Å². The van der Waals surface area contributed by atoms with Gasteiger partial charge in [-0.15, -0.1) is 0 Å². The standard InChI is InChI=1S/C30H26N2O6S/c1-4-17-6-15-22-23(16-17)39-30(31-22)32-25(18-7-9-20(10-8-18)29(36)37-3)24(27(34)28(32)35)26(33)19-11-13-21(14-12-19)38-5-2/h6-16,25,33H,4-5H2,1-3H3/b26-24+. The Bertz CT molecular complexity index is 1600. The molecule has 1 saturated heterocycles. The predicted octanol–water partition coefficient (Wildman–Crippen LogP) is 5.67. The number of aliphatic hydroxyl groups is 1. The summed E-state index contributed by atoms with van der Waals surface area (Å²) >= 11 is 1.30. The number of aromatic nitrogens is 1. The van der Waals surface area contributed by atoms with Crippen LogP contribution in [0.2, 0.25) is 0 Å². The first-order valence-electron chi connectivity index (χ1n) is 12.5. The van der Waals surface area contributed by atoms with Crippen LogP contribution in [-0.4, -0.2) is 41.5 Å². The molecular weight excluding hydrogens is 516 g/mol. The van der Waals surface area contributed by atoms with E-state index in [9.17, 15) is 19.5 Å². The van der Waals surface area contributed by atoms with E-state index in [0.29, 0.717) is 39.7 Å². The van der Waals surface area contributed by atoms with E-state index in [2.05, 4.69) is 11.9 Å². The van der Waals surface area contributed by atoms with Crippen molar-refractivity contribution in [1.82, 2.24) is 4.98 Å². The number of fused-ring (bicyclic) bond motifs is 1. The number of hydrogen-bond acceptors (Lipinski definition) is 8. The topological polar surface area (TPSA) is 106 Å². The van der Waals surface area contributed by atoms with Crippen molar-refractivity contribution < 1.29 is 29.0 Å². The molecule has 8 nitrogen and oxygen atoms in total. The van der Waals surface area contributed by atoms with Crippen molar-refractivity contribution in [2.75, 3.05) is 18.6 Å². The molecule has 1 aromatic heterocycles. The van der Waals surface area contributed by atoms with Gasteiger partial charge in [0.25, 0.3) is 5.78 Å². The Morgan fingerprint density at radius 3 is 2.33 bits per heavy atom. The van der Waals surface area contributed by atoms with E-state index < -0.39 is 23.7 Å². The summed E-state index contributed by atoms with van der Waals surface area (Å²) in [5, 5.41) is 11.7. The molecule has 1 aliphatic heterocycles. The molecule has 0 saturated carbocycles. The minimum absolute atomic E-state index is 0.0662. The number of ether oxygens (including phenoxy) is 2. The van der Waals surface area contributed by atoms with E-state index in [1.807, 2.05) is 25.1 Å². The highest BCUT2D eigenvalue weighted by molar-refractivity contribution is 7.22. The fourth-order valence-electron chi connectivity index (χ4n) is 4.58. The number of benzene rings is 3. The smallest absolute Gasteiger partial charge is 0.337 e. The molecule has 0 aliphatic carbocycles. The first-order valence-corrected chi connectivity index (χ1v) is 13.3. The van der Waals surface area contributed by atoms with Crippen LogP contribution in [-0.2, 0) is 20.7 Å². The number of ketones is 1. The maximum Gasteiger partial charge on any atom is 0.337 e. The number of hydrogen-bond donors (Lipinski definition) is 1. The van der Waals surface area contributed by atoms with E-state index in [4.69, 9.17) is 9.47 Å². The summed E-state index contributed by atoms with van der Waals surface area (Å²) in [7, 11) is 1.29. The molecule has 0 spiro atoms. The van der Waals surface area contributed by atoms with Crippen molar-refractivity contribution in [2.24, 2.45) is 0 Å². The molecule has 1 aliphatic rings. The van der Waals surface area contributed by atoms with Gasteiger partial charge in [-0.3, -0.25) is 14.5 Å². The maximum absolute atomic E-state index is 13.5. The van der Waals surface area contributed by atoms with Crippen molar-refractivity contribution in [3.8, 4) is 5.75 Å². The largest absolute Gasteiger partial charge is 0.507 e. The van der Waals surface area contributed by atoms with Crippen LogP contribution in [0.5, 0.6) is 5.75 Å². The van der Waals surface area contributed by atoms with Crippen LogP contribution in [0.4, 0.5) is 5.13 Å². The summed E-state index contributed by atoms with van der Waals surface area (Å²) < 4.78 is 11.2. The molecule has 1 atom stereocenters. The summed E-state index contributed by atoms with van der Waals surface area (Å²) in [4.78, 5) is 45.0. The van der Waals surface area contributed by atoms with Gasteiger partial charge in [-0.2, -0.15) is 0 Å². The number of amides is 1. The number of carbonyl (C=O) groups excluding carboxylic acids is 3. The minimum Gasteiger partial charge on any atom is -0.507 e. The van der Waals surface area contributed by atoms with Crippen molar-refractivity contribution in [2.45, 2.75) is 26.3 Å². The molecule has 5 rings (SSSR count). The number of nitrogens with zero attached hydrogens (tertiary/aromatic N) is 2. The fraction of sp³-hybridized carbons (Fsp3) is 0.200. The van der Waals surface area contributed by atoms with Crippen LogP contribution < -0.4 is 9.64 Å². The Morgan fingerprint density at radius 2 is 1.69 bits per heavy atom. The van der Waals surface area contributed by atoms with Gasteiger partial charge in [0, 0.05) is 5.56 Å². The molecule has 2 heterocycles. The zero-order chi connectivity index (χ0) is 27.7. The first-order chi connectivity index (χ1) is 18.9. The zero-order valence-corrected chi connectivity index (χ0v) is 22.5. The molecule has 3 aromatic carbocycles. The van der Waals surface area contributed by atoms with Crippen LogP contribution in [0.25, 0.3) is 16.0 Å². The lowest BCUT2D eigenvalue weighted by Crippen LogP contribution is -2.29. The molecule has 198 valence electrons. The molecule has 0 bridgehead atoms. The zero-order valence-electron chi connectivity index (χ0n) is 21.6. The van der Waals surface area contributed by atoms with Gasteiger partial charge >= 0.3 is 11.9 Å². The van der Waals surface area contributed by atoms with Crippen LogP contribution in [0.1, 0.15) is 46.9 Å². The van der Waals surface area contributed by atoms with Crippen LogP contribution in [0, 0.1) is 0 Å². The van der Waals surface area contributed by atoms with Gasteiger partial charge in [0.2, 0.25) is 0 Å². The molecule has 39 heavy (non-hydrogen) atoms. The van der Waals surface area contributed by atoms with Gasteiger partial charge in [0.05, 0.1) is 41.1 Å². The third-order valence-corrected chi connectivity index (χ3v) is 7.60. The second-order valence-corrected chi connectivity index (χ2v) is 9.90. The number of thiazole rings is 1. The number of anilines is 1. The van der Waals surface area contributed by atoms with Crippen LogP contribution in [0.15, 0.2) is 72.3 Å². The Morgan fingerprint density at radius 1 is 1.00 bits per heavy atom. The van der Waals surface area contributed by atoms with E-state index in [0.717, 1.165) is 16.7 Å². The second-order valence-electron chi connectivity index (χ2n) is 8.89. The van der Waals surface area contributed by atoms with Crippen molar-refractivity contribution in [3.05, 3.63) is 94.6 Å². The number of aliphatic hydroxyl groups excluding tert-OH is 1. The number of methoxy groups -OCH3 is 1. The summed E-state index contributed by atoms with van der Waals surface area (Å²) in [6.07, 6.45) is 0.850. The number of Topliss-reactive ketones (excluding diaryl/α,β-unsaturated/α-hetero) is 1. The van der Waals surface area contributed by atoms with Gasteiger partial charge in [-0.05, 0) is 73.0 Å². The summed E-state index contributed by atoms with van der Waals surface area (Å²) in [5.41, 5.74) is 2.98. The van der Waals surface area contributed by atoms with Gasteiger partial charge in [-0.1, -0.05) is 36.5 Å². The van der Waals surface area contributed by atoms with Gasteiger partial charge in [-0.25, -0.2) is 9.78 Å².